The summed E-state index contributed by atoms with van der Waals surface area (Å²) < 4.78 is 30.9. The van der Waals surface area contributed by atoms with E-state index < -0.39 is 7.82 Å². The lowest BCUT2D eigenvalue weighted by atomic mass is 9.91. The van der Waals surface area contributed by atoms with Crippen LogP contribution in [0.3, 0.4) is 0 Å². The molecule has 23 heavy (non-hydrogen) atoms. The van der Waals surface area contributed by atoms with Crippen molar-refractivity contribution >= 4 is 7.82 Å². The van der Waals surface area contributed by atoms with Gasteiger partial charge >= 0.3 is 7.82 Å². The molecule has 0 aliphatic rings. The molecular formula is C18H39O4P. The van der Waals surface area contributed by atoms with Crippen molar-refractivity contribution in [2.24, 2.45) is 16.2 Å². The summed E-state index contributed by atoms with van der Waals surface area (Å²) in [5.74, 6) is 0. The van der Waals surface area contributed by atoms with E-state index in [0.29, 0.717) is 0 Å². The largest absolute Gasteiger partial charge is 0.475 e. The summed E-state index contributed by atoms with van der Waals surface area (Å²) in [6.07, 6.45) is -0.770. The van der Waals surface area contributed by atoms with E-state index in [9.17, 15) is 4.57 Å². The number of rotatable bonds is 6. The van der Waals surface area contributed by atoms with Crippen LogP contribution in [0, 0.1) is 16.2 Å². The fraction of sp³-hybridized carbons (Fsp3) is 1.00. The molecule has 0 bridgehead atoms. The van der Waals surface area contributed by atoms with Crippen LogP contribution in [0.2, 0.25) is 0 Å². The molecule has 0 aromatic rings. The first-order valence-corrected chi connectivity index (χ1v) is 10.00. The van der Waals surface area contributed by atoms with Crippen molar-refractivity contribution in [1.29, 1.82) is 0 Å². The number of hydrogen-bond donors (Lipinski definition) is 0. The molecule has 0 amide bonds. The van der Waals surface area contributed by atoms with Crippen molar-refractivity contribution in [3.8, 4) is 0 Å². The summed E-state index contributed by atoms with van der Waals surface area (Å²) in [6, 6.07) is 0. The molecule has 0 rings (SSSR count). The van der Waals surface area contributed by atoms with Crippen molar-refractivity contribution in [1.82, 2.24) is 0 Å². The maximum Gasteiger partial charge on any atom is 0.475 e. The zero-order valence-electron chi connectivity index (χ0n) is 17.3. The Morgan fingerprint density at radius 1 is 0.565 bits per heavy atom. The lowest BCUT2D eigenvalue weighted by Gasteiger charge is -2.37. The molecule has 0 aromatic carbocycles. The predicted octanol–water partition coefficient (Wildman–Crippen LogP) is 6.45. The quantitative estimate of drug-likeness (QED) is 0.516. The van der Waals surface area contributed by atoms with E-state index in [4.69, 9.17) is 13.6 Å². The molecule has 4 nitrogen and oxygen atoms in total. The molecule has 0 saturated carbocycles. The minimum atomic E-state index is -3.68. The van der Waals surface area contributed by atoms with E-state index in [0.717, 1.165) is 0 Å². The molecule has 0 aliphatic heterocycles. The first-order chi connectivity index (χ1) is 9.88. The Labute approximate surface area is 144 Å². The van der Waals surface area contributed by atoms with E-state index in [1.807, 2.05) is 83.1 Å². The Morgan fingerprint density at radius 2 is 0.739 bits per heavy atom. The van der Waals surface area contributed by atoms with Gasteiger partial charge in [-0.25, -0.2) is 4.57 Å². The topological polar surface area (TPSA) is 44.8 Å². The van der Waals surface area contributed by atoms with Gasteiger partial charge in [0.15, 0.2) is 0 Å². The Kier molecular flexibility index (Phi) is 7.59. The Morgan fingerprint density at radius 3 is 0.870 bits per heavy atom. The van der Waals surface area contributed by atoms with Crippen LogP contribution in [0.4, 0.5) is 0 Å². The highest BCUT2D eigenvalue weighted by Crippen LogP contribution is 2.57. The van der Waals surface area contributed by atoms with Crippen molar-refractivity contribution in [3.05, 3.63) is 0 Å². The molecule has 3 atom stereocenters. The zero-order valence-corrected chi connectivity index (χ0v) is 18.2. The molecule has 3 unspecified atom stereocenters. The lowest BCUT2D eigenvalue weighted by molar-refractivity contribution is -0.0266. The molecular weight excluding hydrogens is 311 g/mol. The monoisotopic (exact) mass is 350 g/mol. The SMILES string of the molecule is CC(OP(=O)(OC(C)C(C)(C)C)OC(C)C(C)(C)C)C(C)(C)C. The highest BCUT2D eigenvalue weighted by molar-refractivity contribution is 7.48. The van der Waals surface area contributed by atoms with E-state index in [1.165, 1.54) is 0 Å². The third kappa shape index (κ3) is 8.16. The zero-order chi connectivity index (χ0) is 18.9. The number of hydrogen-bond acceptors (Lipinski definition) is 4. The second-order valence-electron chi connectivity index (χ2n) is 9.79. The second kappa shape index (κ2) is 7.56. The highest BCUT2D eigenvalue weighted by atomic mass is 31.2. The van der Waals surface area contributed by atoms with Gasteiger partial charge < -0.3 is 0 Å². The molecule has 5 heteroatoms. The van der Waals surface area contributed by atoms with E-state index in [2.05, 4.69) is 0 Å². The summed E-state index contributed by atoms with van der Waals surface area (Å²) in [5.41, 5.74) is -0.463. The van der Waals surface area contributed by atoms with Gasteiger partial charge in [-0.1, -0.05) is 62.3 Å². The molecule has 0 aromatic heterocycles. The van der Waals surface area contributed by atoms with Crippen LogP contribution in [0.1, 0.15) is 83.1 Å². The van der Waals surface area contributed by atoms with Crippen molar-refractivity contribution in [2.75, 3.05) is 0 Å². The maximum absolute atomic E-state index is 13.3. The molecule has 0 spiro atoms. The van der Waals surface area contributed by atoms with Gasteiger partial charge in [-0.15, -0.1) is 0 Å². The van der Waals surface area contributed by atoms with Gasteiger partial charge in [0.2, 0.25) is 0 Å². The molecule has 0 saturated heterocycles. The fourth-order valence-electron chi connectivity index (χ4n) is 1.13. The van der Waals surface area contributed by atoms with Crippen LogP contribution in [0.5, 0.6) is 0 Å². The Hall–Kier alpha value is 0.110. The standard InChI is InChI=1S/C18H39O4P/c1-13(16(4,5)6)20-23(19,21-14(2)17(7,8)9)22-15(3)18(10,11)12/h13-15H,1-12H3. The first-order valence-electron chi connectivity index (χ1n) is 8.54. The maximum atomic E-state index is 13.3. The van der Waals surface area contributed by atoms with Crippen LogP contribution in [-0.2, 0) is 18.1 Å². The fourth-order valence-corrected chi connectivity index (χ4v) is 3.39. The summed E-state index contributed by atoms with van der Waals surface area (Å²) in [4.78, 5) is 0. The smallest absolute Gasteiger partial charge is 0.283 e. The summed E-state index contributed by atoms with van der Waals surface area (Å²) in [5, 5.41) is 0. The third-order valence-electron chi connectivity index (χ3n) is 4.52. The Balaban J connectivity index is 5.40. The van der Waals surface area contributed by atoms with E-state index >= 15 is 0 Å². The minimum absolute atomic E-state index is 0.154. The third-order valence-corrected chi connectivity index (χ3v) is 6.24. The van der Waals surface area contributed by atoms with Gasteiger partial charge in [-0.2, -0.15) is 0 Å². The van der Waals surface area contributed by atoms with E-state index in [1.54, 1.807) is 0 Å². The van der Waals surface area contributed by atoms with Crippen LogP contribution >= 0.6 is 7.82 Å². The average molecular weight is 350 g/mol. The van der Waals surface area contributed by atoms with Gasteiger partial charge in [0.25, 0.3) is 0 Å². The Bertz CT molecular complexity index is 350. The number of phosphoric acid groups is 1. The van der Waals surface area contributed by atoms with Crippen LogP contribution in [0.15, 0.2) is 0 Å². The van der Waals surface area contributed by atoms with Gasteiger partial charge in [-0.05, 0) is 37.0 Å². The van der Waals surface area contributed by atoms with Gasteiger partial charge in [-0.3, -0.25) is 13.6 Å². The normalized spacial score (nSPS) is 20.7. The van der Waals surface area contributed by atoms with E-state index in [-0.39, 0.29) is 34.6 Å². The average Bonchev–Trinajstić information content (AvgIpc) is 2.23. The van der Waals surface area contributed by atoms with Crippen LogP contribution in [-0.4, -0.2) is 18.3 Å². The van der Waals surface area contributed by atoms with Gasteiger partial charge in [0.1, 0.15) is 0 Å². The minimum Gasteiger partial charge on any atom is -0.283 e. The molecule has 0 fully saturated rings. The van der Waals surface area contributed by atoms with Gasteiger partial charge in [0.05, 0.1) is 18.3 Å². The summed E-state index contributed by atoms with van der Waals surface area (Å²) >= 11 is 0. The van der Waals surface area contributed by atoms with Crippen LogP contribution in [0.25, 0.3) is 0 Å². The second-order valence-corrected chi connectivity index (χ2v) is 11.3. The number of phosphoric ester groups is 1. The highest BCUT2D eigenvalue weighted by Gasteiger charge is 2.41. The summed E-state index contributed by atoms with van der Waals surface area (Å²) in [7, 11) is -3.68. The molecule has 0 radical (unpaired) electrons. The van der Waals surface area contributed by atoms with Crippen LogP contribution < -0.4 is 0 Å². The van der Waals surface area contributed by atoms with Crippen molar-refractivity contribution in [3.63, 3.8) is 0 Å². The van der Waals surface area contributed by atoms with Gasteiger partial charge in [0, 0.05) is 0 Å². The van der Waals surface area contributed by atoms with Crippen molar-refractivity contribution < 1.29 is 18.1 Å². The molecule has 140 valence electrons. The lowest BCUT2D eigenvalue weighted by Crippen LogP contribution is -2.32. The summed E-state index contributed by atoms with van der Waals surface area (Å²) in [6.45, 7) is 24.1. The molecule has 0 heterocycles. The first kappa shape index (κ1) is 23.1. The molecule has 0 aliphatic carbocycles. The molecule has 0 N–H and O–H groups in total. The van der Waals surface area contributed by atoms with Crippen molar-refractivity contribution in [2.45, 2.75) is 101 Å². The predicted molar refractivity (Wildman–Crippen MR) is 97.6 cm³/mol.